The van der Waals surface area contributed by atoms with Gasteiger partial charge >= 0.3 is 0 Å². The van der Waals surface area contributed by atoms with Crippen molar-refractivity contribution in [3.8, 4) is 0 Å². The Labute approximate surface area is 269 Å². The summed E-state index contributed by atoms with van der Waals surface area (Å²) in [6.45, 7) is 4.61. The molecule has 2 amide bonds. The van der Waals surface area contributed by atoms with Gasteiger partial charge in [-0.1, -0.05) is 83.9 Å². The number of sulfonamides is 1. The van der Waals surface area contributed by atoms with Crippen molar-refractivity contribution < 1.29 is 18.0 Å². The van der Waals surface area contributed by atoms with Crippen molar-refractivity contribution in [1.82, 2.24) is 10.2 Å². The van der Waals surface area contributed by atoms with Crippen molar-refractivity contribution in [2.24, 2.45) is 0 Å². The molecule has 1 saturated carbocycles. The van der Waals surface area contributed by atoms with Gasteiger partial charge in [0.2, 0.25) is 11.8 Å². The summed E-state index contributed by atoms with van der Waals surface area (Å²) in [5, 5.41) is 4.22. The quantitative estimate of drug-likeness (QED) is 0.246. The number of hydrogen-bond acceptors (Lipinski definition) is 4. The highest BCUT2D eigenvalue weighted by Gasteiger charge is 2.34. The van der Waals surface area contributed by atoms with Crippen LogP contribution < -0.4 is 9.62 Å². The Bertz CT molecular complexity index is 1580. The van der Waals surface area contributed by atoms with Crippen LogP contribution in [-0.4, -0.2) is 43.8 Å². The molecule has 0 aromatic heterocycles. The lowest BCUT2D eigenvalue weighted by Gasteiger charge is -2.33. The third-order valence-electron chi connectivity index (χ3n) is 7.87. The Balaban J connectivity index is 1.73. The van der Waals surface area contributed by atoms with Gasteiger partial charge < -0.3 is 10.2 Å². The van der Waals surface area contributed by atoms with Crippen LogP contribution in [0.2, 0.25) is 15.1 Å². The summed E-state index contributed by atoms with van der Waals surface area (Å²) in [4.78, 5) is 29.1. The van der Waals surface area contributed by atoms with E-state index in [9.17, 15) is 18.0 Å². The molecule has 3 aromatic rings. The van der Waals surface area contributed by atoms with Crippen LogP contribution in [0.25, 0.3) is 0 Å². The second-order valence-corrected chi connectivity index (χ2v) is 14.1. The van der Waals surface area contributed by atoms with Crippen LogP contribution >= 0.6 is 34.8 Å². The molecule has 11 heteroatoms. The summed E-state index contributed by atoms with van der Waals surface area (Å²) < 4.78 is 29.2. The number of nitrogens with one attached hydrogen (secondary N) is 1. The highest BCUT2D eigenvalue weighted by atomic mass is 35.5. The molecule has 230 valence electrons. The highest BCUT2D eigenvalue weighted by Crippen LogP contribution is 2.32. The molecule has 4 rings (SSSR count). The molecule has 0 saturated heterocycles. The fourth-order valence-electron chi connectivity index (χ4n) is 5.20. The molecular weight excluding hydrogens is 629 g/mol. The first-order valence-corrected chi connectivity index (χ1v) is 16.8. The number of benzene rings is 3. The predicted octanol–water partition coefficient (Wildman–Crippen LogP) is 7.33. The smallest absolute Gasteiger partial charge is 0.264 e. The molecule has 0 radical (unpaired) electrons. The van der Waals surface area contributed by atoms with Crippen LogP contribution in [0.15, 0.2) is 65.6 Å². The van der Waals surface area contributed by atoms with Gasteiger partial charge in [0, 0.05) is 27.7 Å². The maximum atomic E-state index is 14.2. The van der Waals surface area contributed by atoms with E-state index in [1.54, 1.807) is 62.4 Å². The predicted molar refractivity (Wildman–Crippen MR) is 173 cm³/mol. The third-order valence-corrected chi connectivity index (χ3v) is 10.6. The number of halogens is 3. The molecule has 1 aliphatic carbocycles. The highest BCUT2D eigenvalue weighted by molar-refractivity contribution is 7.92. The number of amides is 2. The number of carbonyl (C=O) groups excluding carboxylic acids is 2. The molecule has 0 spiro atoms. The molecular formula is C32H36Cl3N3O4S. The van der Waals surface area contributed by atoms with Gasteiger partial charge in [-0.2, -0.15) is 0 Å². The molecule has 0 heterocycles. The van der Waals surface area contributed by atoms with Crippen LogP contribution in [-0.2, 0) is 26.2 Å². The van der Waals surface area contributed by atoms with Crippen molar-refractivity contribution in [2.45, 2.75) is 76.4 Å². The van der Waals surface area contributed by atoms with E-state index in [0.29, 0.717) is 26.2 Å². The first-order chi connectivity index (χ1) is 20.4. The molecule has 1 N–H and O–H groups in total. The largest absolute Gasteiger partial charge is 0.352 e. The van der Waals surface area contributed by atoms with Gasteiger partial charge in [0.05, 0.1) is 10.6 Å². The first kappa shape index (κ1) is 33.1. The van der Waals surface area contributed by atoms with Gasteiger partial charge in [-0.15, -0.1) is 0 Å². The molecule has 1 fully saturated rings. The standard InChI is InChI=1S/C32H36Cl3N3O4S/c1-21-12-16-27(17-13-21)43(41,42)38(30-11-7-10-28(34)22(30)2)20-31(39)37(19-24-14-15-25(33)18-29(24)35)23(3)32(40)36-26-8-5-4-6-9-26/h7,10-18,23,26H,4-6,8-9,19-20H2,1-3H3,(H,36,40). The van der Waals surface area contributed by atoms with Crippen LogP contribution in [0.5, 0.6) is 0 Å². The van der Waals surface area contributed by atoms with Gasteiger partial charge in [0.15, 0.2) is 0 Å². The number of nitrogens with zero attached hydrogens (tertiary/aromatic N) is 2. The summed E-state index contributed by atoms with van der Waals surface area (Å²) >= 11 is 19.0. The van der Waals surface area contributed by atoms with E-state index in [4.69, 9.17) is 34.8 Å². The minimum absolute atomic E-state index is 0.0267. The number of hydrogen-bond donors (Lipinski definition) is 1. The summed E-state index contributed by atoms with van der Waals surface area (Å²) in [6, 6.07) is 15.4. The molecule has 1 aliphatic rings. The number of rotatable bonds is 10. The lowest BCUT2D eigenvalue weighted by atomic mass is 9.95. The summed E-state index contributed by atoms with van der Waals surface area (Å²) in [5.74, 6) is -0.885. The van der Waals surface area contributed by atoms with Crippen molar-refractivity contribution >= 4 is 62.3 Å². The first-order valence-electron chi connectivity index (χ1n) is 14.3. The maximum Gasteiger partial charge on any atom is 0.264 e. The zero-order valence-corrected chi connectivity index (χ0v) is 27.5. The summed E-state index contributed by atoms with van der Waals surface area (Å²) in [5.41, 5.74) is 2.24. The van der Waals surface area contributed by atoms with Crippen molar-refractivity contribution in [2.75, 3.05) is 10.8 Å². The van der Waals surface area contributed by atoms with Crippen LogP contribution in [0.1, 0.15) is 55.7 Å². The number of carbonyl (C=O) groups is 2. The van der Waals surface area contributed by atoms with E-state index in [2.05, 4.69) is 5.32 Å². The van der Waals surface area contributed by atoms with Crippen molar-refractivity contribution in [3.05, 3.63) is 92.4 Å². The Kier molecular flexibility index (Phi) is 11.0. The lowest BCUT2D eigenvalue weighted by molar-refractivity contribution is -0.139. The number of anilines is 1. The fraction of sp³-hybridized carbons (Fsp3) is 0.375. The lowest BCUT2D eigenvalue weighted by Crippen LogP contribution is -2.53. The normalized spacial score (nSPS) is 14.7. The summed E-state index contributed by atoms with van der Waals surface area (Å²) in [6.07, 6.45) is 4.97. The average molecular weight is 665 g/mol. The van der Waals surface area contributed by atoms with Gasteiger partial charge in [-0.25, -0.2) is 8.42 Å². The Morgan fingerprint density at radius 3 is 2.26 bits per heavy atom. The Morgan fingerprint density at radius 2 is 1.60 bits per heavy atom. The van der Waals surface area contributed by atoms with E-state index >= 15 is 0 Å². The maximum absolute atomic E-state index is 14.2. The minimum atomic E-state index is -4.21. The minimum Gasteiger partial charge on any atom is -0.352 e. The van der Waals surface area contributed by atoms with Crippen LogP contribution in [0, 0.1) is 13.8 Å². The molecule has 3 aromatic carbocycles. The van der Waals surface area contributed by atoms with Gasteiger partial charge in [-0.3, -0.25) is 13.9 Å². The van der Waals surface area contributed by atoms with E-state index < -0.39 is 28.5 Å². The van der Waals surface area contributed by atoms with E-state index in [1.807, 2.05) is 6.92 Å². The zero-order chi connectivity index (χ0) is 31.3. The second-order valence-electron chi connectivity index (χ2n) is 11.0. The van der Waals surface area contributed by atoms with Gasteiger partial charge in [0.25, 0.3) is 10.0 Å². The molecule has 7 nitrogen and oxygen atoms in total. The van der Waals surface area contributed by atoms with E-state index in [1.165, 1.54) is 17.0 Å². The Hall–Kier alpha value is -2.78. The fourth-order valence-corrected chi connectivity index (χ4v) is 7.31. The zero-order valence-electron chi connectivity index (χ0n) is 24.4. The SMILES string of the molecule is Cc1ccc(S(=O)(=O)N(CC(=O)N(Cc2ccc(Cl)cc2Cl)C(C)C(=O)NC2CCCCC2)c2cccc(Cl)c2C)cc1. The number of aryl methyl sites for hydroxylation is 1. The Morgan fingerprint density at radius 1 is 0.930 bits per heavy atom. The average Bonchev–Trinajstić information content (AvgIpc) is 2.97. The van der Waals surface area contributed by atoms with Crippen LogP contribution in [0.4, 0.5) is 5.69 Å². The van der Waals surface area contributed by atoms with E-state index in [0.717, 1.165) is 42.0 Å². The molecule has 0 bridgehead atoms. The van der Waals surface area contributed by atoms with Crippen molar-refractivity contribution in [3.63, 3.8) is 0 Å². The molecule has 1 unspecified atom stereocenters. The van der Waals surface area contributed by atoms with E-state index in [-0.39, 0.29) is 29.1 Å². The van der Waals surface area contributed by atoms with Gasteiger partial charge in [0.1, 0.15) is 12.6 Å². The monoisotopic (exact) mass is 663 g/mol. The topological polar surface area (TPSA) is 86.8 Å². The molecule has 1 atom stereocenters. The third kappa shape index (κ3) is 8.04. The van der Waals surface area contributed by atoms with Crippen LogP contribution in [0.3, 0.4) is 0 Å². The summed E-state index contributed by atoms with van der Waals surface area (Å²) in [7, 11) is -4.21. The van der Waals surface area contributed by atoms with Gasteiger partial charge in [-0.05, 0) is 81.1 Å². The molecule has 0 aliphatic heterocycles. The molecule has 43 heavy (non-hydrogen) atoms. The van der Waals surface area contributed by atoms with Crippen molar-refractivity contribution in [1.29, 1.82) is 0 Å². The second kappa shape index (κ2) is 14.3.